The van der Waals surface area contributed by atoms with Crippen molar-refractivity contribution in [3.63, 3.8) is 0 Å². The number of amides is 5. The van der Waals surface area contributed by atoms with Crippen LogP contribution in [0.3, 0.4) is 0 Å². The number of urea groups is 1. The molecule has 0 spiro atoms. The lowest BCUT2D eigenvalue weighted by molar-refractivity contribution is -0.159. The highest BCUT2D eigenvalue weighted by atomic mass is 16.5. The number of allylic oxidation sites excluding steroid dienone is 2. The Bertz CT molecular complexity index is 661. The first kappa shape index (κ1) is 21.6. The summed E-state index contributed by atoms with van der Waals surface area (Å²) < 4.78 is 4.88. The van der Waals surface area contributed by atoms with Crippen LogP contribution in [0.5, 0.6) is 0 Å². The highest BCUT2D eigenvalue weighted by Gasteiger charge is 2.50. The molecule has 0 aromatic rings. The van der Waals surface area contributed by atoms with Crippen molar-refractivity contribution in [2.75, 3.05) is 13.2 Å². The number of rotatable bonds is 7. The summed E-state index contributed by atoms with van der Waals surface area (Å²) in [6, 6.07) is -1.80. The number of hydrogen-bond donors (Lipinski definition) is 2. The maximum atomic E-state index is 12.5. The van der Waals surface area contributed by atoms with E-state index >= 15 is 0 Å². The van der Waals surface area contributed by atoms with Crippen molar-refractivity contribution in [1.29, 1.82) is 0 Å². The summed E-state index contributed by atoms with van der Waals surface area (Å²) in [6.07, 6.45) is 5.43. The fourth-order valence-corrected chi connectivity index (χ4v) is 3.25. The van der Waals surface area contributed by atoms with Gasteiger partial charge in [0.1, 0.15) is 6.04 Å². The van der Waals surface area contributed by atoms with E-state index in [-0.39, 0.29) is 0 Å². The van der Waals surface area contributed by atoms with Crippen LogP contribution in [0.2, 0.25) is 0 Å². The second kappa shape index (κ2) is 9.48. The first-order valence-corrected chi connectivity index (χ1v) is 9.48. The third-order valence-electron chi connectivity index (χ3n) is 4.88. The lowest BCUT2D eigenvalue weighted by Gasteiger charge is -2.21. The monoisotopic (exact) mass is 393 g/mol. The molecular formula is C19H27N3O6. The van der Waals surface area contributed by atoms with E-state index in [0.717, 1.165) is 11.3 Å². The van der Waals surface area contributed by atoms with Gasteiger partial charge in [0.25, 0.3) is 5.91 Å². The van der Waals surface area contributed by atoms with E-state index in [0.29, 0.717) is 25.3 Å². The first-order valence-electron chi connectivity index (χ1n) is 9.48. The Morgan fingerprint density at radius 1 is 1.11 bits per heavy atom. The summed E-state index contributed by atoms with van der Waals surface area (Å²) in [5.41, 5.74) is 0. The quantitative estimate of drug-likeness (QED) is 0.374. The lowest BCUT2D eigenvalue weighted by atomic mass is 9.85. The molecule has 1 aliphatic carbocycles. The van der Waals surface area contributed by atoms with Crippen molar-refractivity contribution >= 4 is 29.7 Å². The minimum atomic E-state index is -1.13. The number of hydrogen-bond acceptors (Lipinski definition) is 6. The minimum absolute atomic E-state index is 0.391. The van der Waals surface area contributed by atoms with Gasteiger partial charge in [0.15, 0.2) is 6.61 Å². The number of imide groups is 2. The standard InChI is InChI=1S/C19H27N3O6/c1-11(2)8-9-20-19(27)21-15(23)10-28-18(26)12(3)22-16(24)13-6-4-5-7-14(13)17(22)25/h4-5,11-14H,6-10H2,1-3H3,(H2,20,21,23,27)/t12-,13-,14+/m0/s1. The summed E-state index contributed by atoms with van der Waals surface area (Å²) in [4.78, 5) is 61.3. The Morgan fingerprint density at radius 3 is 2.21 bits per heavy atom. The molecule has 0 saturated carbocycles. The van der Waals surface area contributed by atoms with E-state index in [1.54, 1.807) is 0 Å². The number of esters is 1. The van der Waals surface area contributed by atoms with Crippen LogP contribution in [0, 0.1) is 17.8 Å². The van der Waals surface area contributed by atoms with Crippen molar-refractivity contribution < 1.29 is 28.7 Å². The highest BCUT2D eigenvalue weighted by molar-refractivity contribution is 6.08. The summed E-state index contributed by atoms with van der Waals surface area (Å²) in [7, 11) is 0. The zero-order chi connectivity index (χ0) is 20.8. The van der Waals surface area contributed by atoms with Gasteiger partial charge in [0.05, 0.1) is 11.8 Å². The fraction of sp³-hybridized carbons (Fsp3) is 0.632. The third-order valence-corrected chi connectivity index (χ3v) is 4.88. The van der Waals surface area contributed by atoms with Crippen LogP contribution in [-0.2, 0) is 23.9 Å². The van der Waals surface area contributed by atoms with E-state index in [2.05, 4.69) is 10.6 Å². The zero-order valence-electron chi connectivity index (χ0n) is 16.4. The van der Waals surface area contributed by atoms with Gasteiger partial charge in [0, 0.05) is 6.54 Å². The number of ether oxygens (including phenoxy) is 1. The number of nitrogens with one attached hydrogen (secondary N) is 2. The summed E-state index contributed by atoms with van der Waals surface area (Å²) in [6.45, 7) is 5.15. The molecule has 1 heterocycles. The van der Waals surface area contributed by atoms with Crippen molar-refractivity contribution in [3.05, 3.63) is 12.2 Å². The molecule has 28 heavy (non-hydrogen) atoms. The van der Waals surface area contributed by atoms with Gasteiger partial charge >= 0.3 is 12.0 Å². The summed E-state index contributed by atoms with van der Waals surface area (Å²) in [5.74, 6) is -2.91. The maximum absolute atomic E-state index is 12.5. The summed E-state index contributed by atoms with van der Waals surface area (Å²) in [5, 5.41) is 4.58. The molecule has 0 unspecified atom stereocenters. The van der Waals surface area contributed by atoms with Crippen LogP contribution in [-0.4, -0.2) is 53.8 Å². The molecule has 0 radical (unpaired) electrons. The predicted octanol–water partition coefficient (Wildman–Crippen LogP) is 0.741. The average Bonchev–Trinajstić information content (AvgIpc) is 2.90. The topological polar surface area (TPSA) is 122 Å². The largest absolute Gasteiger partial charge is 0.454 e. The third kappa shape index (κ3) is 5.17. The molecule has 9 nitrogen and oxygen atoms in total. The molecule has 0 aromatic carbocycles. The van der Waals surface area contributed by atoms with Crippen molar-refractivity contribution in [2.24, 2.45) is 17.8 Å². The van der Waals surface area contributed by atoms with Crippen molar-refractivity contribution in [2.45, 2.75) is 46.1 Å². The van der Waals surface area contributed by atoms with Gasteiger partial charge in [-0.1, -0.05) is 26.0 Å². The van der Waals surface area contributed by atoms with Gasteiger partial charge in [-0.2, -0.15) is 0 Å². The van der Waals surface area contributed by atoms with E-state index in [1.165, 1.54) is 6.92 Å². The van der Waals surface area contributed by atoms with Crippen LogP contribution >= 0.6 is 0 Å². The molecule has 2 N–H and O–H groups in total. The smallest absolute Gasteiger partial charge is 0.329 e. The number of carbonyl (C=O) groups excluding carboxylic acids is 5. The van der Waals surface area contributed by atoms with E-state index < -0.39 is 54.2 Å². The Balaban J connectivity index is 1.79. The van der Waals surface area contributed by atoms with Crippen LogP contribution in [0.1, 0.15) is 40.0 Å². The molecule has 3 atom stereocenters. The Kier molecular flexibility index (Phi) is 7.31. The molecule has 1 fully saturated rings. The molecule has 0 bridgehead atoms. The highest BCUT2D eigenvalue weighted by Crippen LogP contribution is 2.36. The van der Waals surface area contributed by atoms with E-state index in [4.69, 9.17) is 4.74 Å². The molecule has 9 heteroatoms. The minimum Gasteiger partial charge on any atom is -0.454 e. The van der Waals surface area contributed by atoms with Crippen LogP contribution in [0.4, 0.5) is 4.79 Å². The second-order valence-electron chi connectivity index (χ2n) is 7.47. The van der Waals surface area contributed by atoms with E-state index in [1.807, 2.05) is 26.0 Å². The number of carbonyl (C=O) groups is 5. The molecule has 5 amide bonds. The van der Waals surface area contributed by atoms with Gasteiger partial charge in [-0.05, 0) is 32.1 Å². The van der Waals surface area contributed by atoms with Crippen LogP contribution in [0.15, 0.2) is 12.2 Å². The molecule has 1 saturated heterocycles. The van der Waals surface area contributed by atoms with Gasteiger partial charge < -0.3 is 10.1 Å². The maximum Gasteiger partial charge on any atom is 0.329 e. The zero-order valence-corrected chi connectivity index (χ0v) is 16.4. The Morgan fingerprint density at radius 2 is 1.68 bits per heavy atom. The molecular weight excluding hydrogens is 366 g/mol. The average molecular weight is 393 g/mol. The fourth-order valence-electron chi connectivity index (χ4n) is 3.25. The summed E-state index contributed by atoms with van der Waals surface area (Å²) >= 11 is 0. The number of fused-ring (bicyclic) bond motifs is 1. The SMILES string of the molecule is CC(C)CCNC(=O)NC(=O)COC(=O)[C@H](C)N1C(=O)[C@H]2CC=CC[C@H]2C1=O. The van der Waals surface area contributed by atoms with Crippen LogP contribution in [0.25, 0.3) is 0 Å². The van der Waals surface area contributed by atoms with Gasteiger partial charge in [-0.3, -0.25) is 24.6 Å². The van der Waals surface area contributed by atoms with Gasteiger partial charge in [-0.25, -0.2) is 9.59 Å². The predicted molar refractivity (Wildman–Crippen MR) is 98.6 cm³/mol. The van der Waals surface area contributed by atoms with Crippen LogP contribution < -0.4 is 10.6 Å². The second-order valence-corrected chi connectivity index (χ2v) is 7.47. The Labute approximate surface area is 163 Å². The lowest BCUT2D eigenvalue weighted by Crippen LogP contribution is -2.46. The number of nitrogens with zero attached hydrogens (tertiary/aromatic N) is 1. The Hall–Kier alpha value is -2.71. The number of likely N-dealkylation sites (tertiary alicyclic amines) is 1. The molecule has 2 rings (SSSR count). The van der Waals surface area contributed by atoms with Crippen molar-refractivity contribution in [3.8, 4) is 0 Å². The molecule has 154 valence electrons. The van der Waals surface area contributed by atoms with Crippen molar-refractivity contribution in [1.82, 2.24) is 15.5 Å². The molecule has 1 aliphatic heterocycles. The normalized spacial score (nSPS) is 22.1. The molecule has 0 aromatic heterocycles. The van der Waals surface area contributed by atoms with Gasteiger partial charge in [0.2, 0.25) is 11.8 Å². The molecule has 2 aliphatic rings. The van der Waals surface area contributed by atoms with E-state index in [9.17, 15) is 24.0 Å². The first-order chi connectivity index (χ1) is 13.2. The van der Waals surface area contributed by atoms with Gasteiger partial charge in [-0.15, -0.1) is 0 Å².